The van der Waals surface area contributed by atoms with Crippen LogP contribution in [0, 0.1) is 0 Å². The molecule has 3 aromatic carbocycles. The SMILES string of the molecule is CS(=O)(=O)Nc1cc(C(O)CNC(Cc2ccccc2)(c2ccccc2)C(F)(F)F)ccc1O. The number of halogens is 3. The van der Waals surface area contributed by atoms with Crippen molar-refractivity contribution in [3.63, 3.8) is 0 Å². The van der Waals surface area contributed by atoms with Crippen LogP contribution >= 0.6 is 0 Å². The quantitative estimate of drug-likeness (QED) is 0.336. The number of anilines is 1. The number of nitrogens with one attached hydrogen (secondary N) is 2. The third kappa shape index (κ3) is 6.07. The maximum Gasteiger partial charge on any atom is 0.411 e. The van der Waals surface area contributed by atoms with E-state index in [-0.39, 0.29) is 22.6 Å². The summed E-state index contributed by atoms with van der Waals surface area (Å²) in [4.78, 5) is 0. The third-order valence-corrected chi connectivity index (χ3v) is 5.95. The van der Waals surface area contributed by atoms with Crippen LogP contribution in [-0.4, -0.2) is 37.6 Å². The number of benzene rings is 3. The van der Waals surface area contributed by atoms with Gasteiger partial charge in [-0.3, -0.25) is 10.0 Å². The summed E-state index contributed by atoms with van der Waals surface area (Å²) in [6.07, 6.45) is -5.67. The van der Waals surface area contributed by atoms with Crippen LogP contribution < -0.4 is 10.0 Å². The van der Waals surface area contributed by atoms with Crippen LogP contribution in [0.1, 0.15) is 22.8 Å². The fraction of sp³-hybridized carbons (Fsp3) is 0.250. The summed E-state index contributed by atoms with van der Waals surface area (Å²) in [6, 6.07) is 19.3. The smallest absolute Gasteiger partial charge is 0.411 e. The van der Waals surface area contributed by atoms with E-state index in [1.165, 1.54) is 36.4 Å². The van der Waals surface area contributed by atoms with Gasteiger partial charge in [-0.1, -0.05) is 66.7 Å². The Hall–Kier alpha value is -3.08. The van der Waals surface area contributed by atoms with Gasteiger partial charge in [-0.15, -0.1) is 0 Å². The second kappa shape index (κ2) is 10.0. The number of hydrogen-bond acceptors (Lipinski definition) is 5. The van der Waals surface area contributed by atoms with Gasteiger partial charge in [-0.25, -0.2) is 8.42 Å². The Morgan fingerprint density at radius 1 is 0.941 bits per heavy atom. The molecule has 0 bridgehead atoms. The summed E-state index contributed by atoms with van der Waals surface area (Å²) in [5.74, 6) is -0.382. The van der Waals surface area contributed by atoms with E-state index in [0.717, 1.165) is 12.3 Å². The molecule has 0 saturated carbocycles. The molecule has 4 N–H and O–H groups in total. The van der Waals surface area contributed by atoms with Crippen LogP contribution in [0.5, 0.6) is 5.75 Å². The zero-order valence-electron chi connectivity index (χ0n) is 18.3. The van der Waals surface area contributed by atoms with Crippen molar-refractivity contribution in [3.05, 3.63) is 95.6 Å². The molecule has 0 aliphatic heterocycles. The van der Waals surface area contributed by atoms with Gasteiger partial charge in [-0.05, 0) is 28.8 Å². The molecule has 2 atom stereocenters. The molecular formula is C24H25F3N2O4S. The summed E-state index contributed by atoms with van der Waals surface area (Å²) >= 11 is 0. The number of sulfonamides is 1. The molecule has 182 valence electrons. The summed E-state index contributed by atoms with van der Waals surface area (Å²) in [5, 5.41) is 23.1. The minimum atomic E-state index is -4.72. The van der Waals surface area contributed by atoms with Crippen molar-refractivity contribution in [3.8, 4) is 5.75 Å². The van der Waals surface area contributed by atoms with E-state index in [1.54, 1.807) is 36.4 Å². The van der Waals surface area contributed by atoms with E-state index in [4.69, 9.17) is 0 Å². The van der Waals surface area contributed by atoms with E-state index in [0.29, 0.717) is 5.56 Å². The van der Waals surface area contributed by atoms with Gasteiger partial charge in [-0.2, -0.15) is 13.2 Å². The Balaban J connectivity index is 1.95. The average Bonchev–Trinajstić information content (AvgIpc) is 2.77. The van der Waals surface area contributed by atoms with Gasteiger partial charge in [0.1, 0.15) is 11.3 Å². The number of hydrogen-bond donors (Lipinski definition) is 4. The molecule has 6 nitrogen and oxygen atoms in total. The number of alkyl halides is 3. The molecule has 0 heterocycles. The van der Waals surface area contributed by atoms with Gasteiger partial charge in [0.15, 0.2) is 0 Å². The second-order valence-corrected chi connectivity index (χ2v) is 9.73. The third-order valence-electron chi connectivity index (χ3n) is 5.36. The van der Waals surface area contributed by atoms with Crippen LogP contribution in [0.25, 0.3) is 0 Å². The molecule has 0 aliphatic carbocycles. The number of phenols is 1. The molecule has 0 radical (unpaired) electrons. The van der Waals surface area contributed by atoms with Gasteiger partial charge in [0, 0.05) is 13.0 Å². The Bertz CT molecular complexity index is 1210. The summed E-state index contributed by atoms with van der Waals surface area (Å²) in [7, 11) is -3.72. The monoisotopic (exact) mass is 494 g/mol. The lowest BCUT2D eigenvalue weighted by Gasteiger charge is -2.38. The Morgan fingerprint density at radius 2 is 1.53 bits per heavy atom. The fourth-order valence-electron chi connectivity index (χ4n) is 3.69. The summed E-state index contributed by atoms with van der Waals surface area (Å²) < 4.78 is 69.1. The van der Waals surface area contributed by atoms with Gasteiger partial charge >= 0.3 is 6.18 Å². The van der Waals surface area contributed by atoms with E-state index in [9.17, 15) is 31.8 Å². The van der Waals surface area contributed by atoms with Crippen molar-refractivity contribution >= 4 is 15.7 Å². The molecule has 3 rings (SSSR count). The molecular weight excluding hydrogens is 469 g/mol. The number of aliphatic hydroxyl groups is 1. The predicted octanol–water partition coefficient (Wildman–Crippen LogP) is 4.09. The molecule has 3 aromatic rings. The fourth-order valence-corrected chi connectivity index (χ4v) is 4.25. The first-order valence-corrected chi connectivity index (χ1v) is 12.2. The minimum absolute atomic E-state index is 0.0105. The maximum absolute atomic E-state index is 14.6. The highest BCUT2D eigenvalue weighted by Crippen LogP contribution is 2.42. The van der Waals surface area contributed by atoms with E-state index < -0.39 is 40.8 Å². The average molecular weight is 495 g/mol. The molecule has 0 spiro atoms. The summed E-state index contributed by atoms with van der Waals surface area (Å²) in [5.41, 5.74) is -2.12. The molecule has 0 aliphatic rings. The van der Waals surface area contributed by atoms with Gasteiger partial charge in [0.25, 0.3) is 0 Å². The number of rotatable bonds is 9. The molecule has 2 unspecified atom stereocenters. The lowest BCUT2D eigenvalue weighted by atomic mass is 9.82. The highest BCUT2D eigenvalue weighted by molar-refractivity contribution is 7.92. The van der Waals surface area contributed by atoms with Gasteiger partial charge in [0.2, 0.25) is 10.0 Å². The maximum atomic E-state index is 14.6. The van der Waals surface area contributed by atoms with Gasteiger partial charge < -0.3 is 10.2 Å². The largest absolute Gasteiger partial charge is 0.506 e. The molecule has 0 saturated heterocycles. The first-order valence-electron chi connectivity index (χ1n) is 10.3. The predicted molar refractivity (Wildman–Crippen MR) is 124 cm³/mol. The molecule has 0 amide bonds. The zero-order valence-corrected chi connectivity index (χ0v) is 19.1. The summed E-state index contributed by atoms with van der Waals surface area (Å²) in [6.45, 7) is -0.496. The topological polar surface area (TPSA) is 98.7 Å². The van der Waals surface area contributed by atoms with Crippen LogP contribution in [0.2, 0.25) is 0 Å². The number of aliphatic hydroxyl groups excluding tert-OH is 1. The Kier molecular flexibility index (Phi) is 7.54. The lowest BCUT2D eigenvalue weighted by Crippen LogP contribution is -2.56. The van der Waals surface area contributed by atoms with Crippen LogP contribution in [0.15, 0.2) is 78.9 Å². The normalized spacial score (nSPS) is 14.9. The standard InChI is InChI=1S/C24H25F3N2O4S/c1-34(32,33)29-20-14-18(12-13-21(20)30)22(31)16-28-23(24(25,26)27,19-10-6-3-7-11-19)15-17-8-4-2-5-9-17/h2-14,22,28-31H,15-16H2,1H3. The van der Waals surface area contributed by atoms with Crippen molar-refractivity contribution in [2.75, 3.05) is 17.5 Å². The highest BCUT2D eigenvalue weighted by atomic mass is 32.2. The molecule has 10 heteroatoms. The van der Waals surface area contributed by atoms with Crippen LogP contribution in [0.4, 0.5) is 18.9 Å². The van der Waals surface area contributed by atoms with Crippen LogP contribution in [0.3, 0.4) is 0 Å². The van der Waals surface area contributed by atoms with Crippen LogP contribution in [-0.2, 0) is 22.0 Å². The Morgan fingerprint density at radius 3 is 2.09 bits per heavy atom. The first-order chi connectivity index (χ1) is 15.9. The zero-order chi connectivity index (χ0) is 25.0. The number of phenolic OH excluding ortho intramolecular Hbond substituents is 1. The van der Waals surface area contributed by atoms with Gasteiger partial charge in [0.05, 0.1) is 18.0 Å². The first kappa shape index (κ1) is 25.5. The molecule has 0 aromatic heterocycles. The van der Waals surface area contributed by atoms with Crippen molar-refractivity contribution < 1.29 is 31.8 Å². The minimum Gasteiger partial charge on any atom is -0.506 e. The van der Waals surface area contributed by atoms with E-state index >= 15 is 0 Å². The van der Waals surface area contributed by atoms with Crippen molar-refractivity contribution in [1.82, 2.24) is 5.32 Å². The lowest BCUT2D eigenvalue weighted by molar-refractivity contribution is -0.202. The van der Waals surface area contributed by atoms with Crippen molar-refractivity contribution in [2.45, 2.75) is 24.2 Å². The van der Waals surface area contributed by atoms with E-state index in [2.05, 4.69) is 10.0 Å². The molecule has 0 fully saturated rings. The van der Waals surface area contributed by atoms with Crippen molar-refractivity contribution in [1.29, 1.82) is 0 Å². The Labute approximate surface area is 196 Å². The second-order valence-electron chi connectivity index (χ2n) is 7.98. The molecule has 34 heavy (non-hydrogen) atoms. The van der Waals surface area contributed by atoms with Crippen molar-refractivity contribution in [2.24, 2.45) is 0 Å². The number of aromatic hydroxyl groups is 1. The highest BCUT2D eigenvalue weighted by Gasteiger charge is 2.55. The van der Waals surface area contributed by atoms with E-state index in [1.807, 2.05) is 0 Å².